The SMILES string of the molecule is [CH2]C(C)C(C=N)CC(=N)C(C)CC. The Morgan fingerprint density at radius 2 is 2.00 bits per heavy atom. The van der Waals surface area contributed by atoms with Crippen LogP contribution in [0.1, 0.15) is 33.6 Å². The minimum atomic E-state index is 0.140. The zero-order valence-electron chi connectivity index (χ0n) is 8.93. The Morgan fingerprint density at radius 1 is 1.46 bits per heavy atom. The van der Waals surface area contributed by atoms with Crippen molar-refractivity contribution in [2.45, 2.75) is 33.6 Å². The summed E-state index contributed by atoms with van der Waals surface area (Å²) in [5.41, 5.74) is 0.756. The summed E-state index contributed by atoms with van der Waals surface area (Å²) in [6, 6.07) is 0. The molecule has 2 N–H and O–H groups in total. The van der Waals surface area contributed by atoms with Crippen LogP contribution >= 0.6 is 0 Å². The molecule has 1 radical (unpaired) electrons. The van der Waals surface area contributed by atoms with E-state index in [0.717, 1.165) is 12.1 Å². The monoisotopic (exact) mass is 181 g/mol. The summed E-state index contributed by atoms with van der Waals surface area (Å²) in [5.74, 6) is 0.713. The van der Waals surface area contributed by atoms with E-state index in [2.05, 4.69) is 20.8 Å². The zero-order valence-corrected chi connectivity index (χ0v) is 8.93. The summed E-state index contributed by atoms with van der Waals surface area (Å²) >= 11 is 0. The minimum Gasteiger partial charge on any atom is -0.313 e. The summed E-state index contributed by atoms with van der Waals surface area (Å²) < 4.78 is 0. The molecule has 0 aromatic heterocycles. The third kappa shape index (κ3) is 4.20. The molecule has 75 valence electrons. The number of nitrogens with one attached hydrogen (secondary N) is 2. The Bertz CT molecular complexity index is 173. The number of hydrogen-bond donors (Lipinski definition) is 2. The third-order valence-corrected chi connectivity index (χ3v) is 2.61. The topological polar surface area (TPSA) is 47.7 Å². The predicted molar refractivity (Wildman–Crippen MR) is 58.6 cm³/mol. The molecule has 0 aliphatic carbocycles. The van der Waals surface area contributed by atoms with Crippen molar-refractivity contribution in [3.05, 3.63) is 6.92 Å². The first-order valence-electron chi connectivity index (χ1n) is 4.93. The molecule has 0 aromatic rings. The summed E-state index contributed by atoms with van der Waals surface area (Å²) in [5, 5.41) is 15.0. The van der Waals surface area contributed by atoms with Crippen LogP contribution < -0.4 is 0 Å². The smallest absolute Gasteiger partial charge is 0.0124 e. The Hall–Kier alpha value is -0.660. The average Bonchev–Trinajstić information content (AvgIpc) is 2.11. The van der Waals surface area contributed by atoms with Crippen LogP contribution in [0.2, 0.25) is 0 Å². The normalized spacial score (nSPS) is 15.5. The summed E-state index contributed by atoms with van der Waals surface area (Å²) in [6.07, 6.45) is 3.13. The van der Waals surface area contributed by atoms with Crippen LogP contribution in [0.25, 0.3) is 0 Å². The molecule has 13 heavy (non-hydrogen) atoms. The van der Waals surface area contributed by atoms with Gasteiger partial charge < -0.3 is 10.8 Å². The second-order valence-corrected chi connectivity index (χ2v) is 3.85. The molecule has 0 aromatic carbocycles. The van der Waals surface area contributed by atoms with E-state index >= 15 is 0 Å². The van der Waals surface area contributed by atoms with Crippen molar-refractivity contribution in [1.29, 1.82) is 10.8 Å². The Labute approximate surface area is 81.8 Å². The van der Waals surface area contributed by atoms with Gasteiger partial charge in [0.25, 0.3) is 0 Å². The highest BCUT2D eigenvalue weighted by Gasteiger charge is 2.15. The van der Waals surface area contributed by atoms with Gasteiger partial charge in [-0.15, -0.1) is 0 Å². The van der Waals surface area contributed by atoms with E-state index < -0.39 is 0 Å². The molecule has 0 rings (SSSR count). The molecule has 0 aliphatic rings. The van der Waals surface area contributed by atoms with Crippen molar-refractivity contribution in [2.75, 3.05) is 0 Å². The maximum absolute atomic E-state index is 7.79. The lowest BCUT2D eigenvalue weighted by atomic mass is 9.87. The quantitative estimate of drug-likeness (QED) is 0.591. The highest BCUT2D eigenvalue weighted by atomic mass is 14.5. The van der Waals surface area contributed by atoms with E-state index in [1.165, 1.54) is 6.21 Å². The highest BCUT2D eigenvalue weighted by Crippen LogP contribution is 2.16. The molecule has 0 heterocycles. The maximum atomic E-state index is 7.79. The first-order chi connectivity index (χ1) is 6.02. The van der Waals surface area contributed by atoms with Crippen molar-refractivity contribution in [3.63, 3.8) is 0 Å². The van der Waals surface area contributed by atoms with Crippen LogP contribution in [-0.4, -0.2) is 11.9 Å². The van der Waals surface area contributed by atoms with E-state index in [9.17, 15) is 0 Å². The van der Waals surface area contributed by atoms with Crippen molar-refractivity contribution in [1.82, 2.24) is 0 Å². The lowest BCUT2D eigenvalue weighted by Crippen LogP contribution is -2.19. The van der Waals surface area contributed by atoms with Crippen LogP contribution in [0.3, 0.4) is 0 Å². The highest BCUT2D eigenvalue weighted by molar-refractivity contribution is 5.85. The van der Waals surface area contributed by atoms with Crippen LogP contribution in [0.4, 0.5) is 0 Å². The number of hydrogen-bond acceptors (Lipinski definition) is 2. The molecular formula is C11H21N2. The van der Waals surface area contributed by atoms with Gasteiger partial charge in [-0.2, -0.15) is 0 Å². The van der Waals surface area contributed by atoms with E-state index in [1.807, 2.05) is 6.92 Å². The van der Waals surface area contributed by atoms with E-state index in [0.29, 0.717) is 12.3 Å². The summed E-state index contributed by atoms with van der Waals surface area (Å²) in [4.78, 5) is 0. The first kappa shape index (κ1) is 12.3. The Kier molecular flexibility index (Phi) is 5.60. The molecule has 0 spiro atoms. The summed E-state index contributed by atoms with van der Waals surface area (Å²) in [7, 11) is 0. The van der Waals surface area contributed by atoms with Gasteiger partial charge in [0.15, 0.2) is 0 Å². The van der Waals surface area contributed by atoms with Gasteiger partial charge in [0, 0.05) is 11.6 Å². The predicted octanol–water partition coefficient (Wildman–Crippen LogP) is 3.18. The second-order valence-electron chi connectivity index (χ2n) is 3.85. The van der Waals surface area contributed by atoms with Crippen molar-refractivity contribution in [3.8, 4) is 0 Å². The van der Waals surface area contributed by atoms with Crippen molar-refractivity contribution >= 4 is 11.9 Å². The fraction of sp³-hybridized carbons (Fsp3) is 0.727. The van der Waals surface area contributed by atoms with Crippen molar-refractivity contribution in [2.24, 2.45) is 17.8 Å². The van der Waals surface area contributed by atoms with Gasteiger partial charge in [0.05, 0.1) is 0 Å². The van der Waals surface area contributed by atoms with E-state index in [4.69, 9.17) is 10.8 Å². The molecule has 3 unspecified atom stereocenters. The third-order valence-electron chi connectivity index (χ3n) is 2.61. The fourth-order valence-corrected chi connectivity index (χ4v) is 1.13. The fourth-order valence-electron chi connectivity index (χ4n) is 1.13. The standard InChI is InChI=1S/C11H21N2/c1-5-9(4)11(13)6-10(7-12)8(2)3/h7-10,12-13H,2,5-6H2,1,3-4H3. The lowest BCUT2D eigenvalue weighted by molar-refractivity contribution is 0.550. The second kappa shape index (κ2) is 5.90. The van der Waals surface area contributed by atoms with Crippen LogP contribution in [-0.2, 0) is 0 Å². The van der Waals surface area contributed by atoms with E-state index in [1.54, 1.807) is 0 Å². The van der Waals surface area contributed by atoms with Gasteiger partial charge in [-0.3, -0.25) is 0 Å². The van der Waals surface area contributed by atoms with Gasteiger partial charge in [0.1, 0.15) is 0 Å². The van der Waals surface area contributed by atoms with Crippen LogP contribution in [0.15, 0.2) is 0 Å². The molecule has 3 atom stereocenters. The van der Waals surface area contributed by atoms with E-state index in [-0.39, 0.29) is 11.8 Å². The molecule has 2 heteroatoms. The van der Waals surface area contributed by atoms with Crippen LogP contribution in [0.5, 0.6) is 0 Å². The molecule has 0 aliphatic heterocycles. The van der Waals surface area contributed by atoms with Gasteiger partial charge in [-0.05, 0) is 37.8 Å². The zero-order chi connectivity index (χ0) is 10.4. The Morgan fingerprint density at radius 3 is 2.31 bits per heavy atom. The largest absolute Gasteiger partial charge is 0.313 e. The van der Waals surface area contributed by atoms with Crippen LogP contribution in [0, 0.1) is 35.5 Å². The Balaban J connectivity index is 4.08. The molecule has 0 bridgehead atoms. The average molecular weight is 181 g/mol. The van der Waals surface area contributed by atoms with Gasteiger partial charge in [0.2, 0.25) is 0 Å². The molecule has 0 fully saturated rings. The number of rotatable bonds is 6. The molecule has 0 amide bonds. The maximum Gasteiger partial charge on any atom is 0.0124 e. The molecule has 0 saturated heterocycles. The molecule has 0 saturated carbocycles. The minimum absolute atomic E-state index is 0.140. The lowest BCUT2D eigenvalue weighted by Gasteiger charge is -2.18. The van der Waals surface area contributed by atoms with Gasteiger partial charge in [-0.1, -0.05) is 20.8 Å². The van der Waals surface area contributed by atoms with Gasteiger partial charge in [-0.25, -0.2) is 0 Å². The summed E-state index contributed by atoms with van der Waals surface area (Å²) in [6.45, 7) is 10.1. The molecular weight excluding hydrogens is 160 g/mol. The first-order valence-corrected chi connectivity index (χ1v) is 4.93. The van der Waals surface area contributed by atoms with Gasteiger partial charge >= 0.3 is 0 Å². The van der Waals surface area contributed by atoms with Crippen molar-refractivity contribution < 1.29 is 0 Å². The molecule has 2 nitrogen and oxygen atoms in total.